The minimum atomic E-state index is -0.334. The van der Waals surface area contributed by atoms with E-state index in [-0.39, 0.29) is 11.4 Å². The van der Waals surface area contributed by atoms with Crippen molar-refractivity contribution in [2.75, 3.05) is 5.75 Å². The molecule has 2 N–H and O–H groups in total. The Labute approximate surface area is 103 Å². The van der Waals surface area contributed by atoms with Gasteiger partial charge in [0.2, 0.25) is 5.88 Å². The summed E-state index contributed by atoms with van der Waals surface area (Å²) in [6.07, 6.45) is 0.894. The van der Waals surface area contributed by atoms with E-state index in [4.69, 9.17) is 5.11 Å². The zero-order chi connectivity index (χ0) is 12.1. The Hall–Kier alpha value is -1.75. The van der Waals surface area contributed by atoms with Gasteiger partial charge in [0.25, 0.3) is 5.56 Å². The highest BCUT2D eigenvalue weighted by Crippen LogP contribution is 2.15. The molecule has 1 aromatic heterocycles. The third-order valence-electron chi connectivity index (χ3n) is 2.18. The van der Waals surface area contributed by atoms with E-state index >= 15 is 0 Å². The van der Waals surface area contributed by atoms with Gasteiger partial charge in [-0.05, 0) is 12.0 Å². The number of rotatable bonds is 4. The molecule has 1 aromatic carbocycles. The number of aromatic nitrogens is 2. The Morgan fingerprint density at radius 3 is 2.76 bits per heavy atom. The lowest BCUT2D eigenvalue weighted by Gasteiger charge is -2.01. The first-order chi connectivity index (χ1) is 8.24. The highest BCUT2D eigenvalue weighted by molar-refractivity contribution is 7.99. The number of hydrogen-bond acceptors (Lipinski definition) is 4. The molecule has 5 heteroatoms. The van der Waals surface area contributed by atoms with Crippen molar-refractivity contribution in [3.8, 4) is 5.88 Å². The molecule has 0 fully saturated rings. The molecular weight excluding hydrogens is 236 g/mol. The van der Waals surface area contributed by atoms with E-state index in [9.17, 15) is 4.79 Å². The summed E-state index contributed by atoms with van der Waals surface area (Å²) in [6, 6.07) is 11.1. The molecule has 88 valence electrons. The van der Waals surface area contributed by atoms with Gasteiger partial charge in [-0.2, -0.15) is 4.98 Å². The van der Waals surface area contributed by atoms with Gasteiger partial charge in [0.05, 0.1) is 6.07 Å². The fourth-order valence-corrected chi connectivity index (χ4v) is 2.26. The number of benzene rings is 1. The van der Waals surface area contributed by atoms with Crippen LogP contribution in [-0.4, -0.2) is 20.8 Å². The summed E-state index contributed by atoms with van der Waals surface area (Å²) >= 11 is 1.42. The number of aromatic amines is 1. The lowest BCUT2D eigenvalue weighted by molar-refractivity contribution is 0.444. The average Bonchev–Trinajstić information content (AvgIpc) is 2.29. The fraction of sp³-hybridized carbons (Fsp3) is 0.167. The molecule has 1 heterocycles. The maximum absolute atomic E-state index is 11.1. The van der Waals surface area contributed by atoms with E-state index in [1.54, 1.807) is 0 Å². The van der Waals surface area contributed by atoms with Gasteiger partial charge >= 0.3 is 0 Å². The van der Waals surface area contributed by atoms with Crippen LogP contribution in [0.3, 0.4) is 0 Å². The van der Waals surface area contributed by atoms with Crippen LogP contribution >= 0.6 is 11.8 Å². The summed E-state index contributed by atoms with van der Waals surface area (Å²) in [5, 5.41) is 9.62. The van der Waals surface area contributed by atoms with Crippen molar-refractivity contribution in [1.82, 2.24) is 9.97 Å². The number of hydrogen-bond donors (Lipinski definition) is 2. The van der Waals surface area contributed by atoms with Gasteiger partial charge in [0.15, 0.2) is 5.16 Å². The minimum Gasteiger partial charge on any atom is -0.493 e. The van der Waals surface area contributed by atoms with Crippen LogP contribution < -0.4 is 5.56 Å². The number of nitrogens with one attached hydrogen (secondary N) is 1. The Morgan fingerprint density at radius 1 is 1.29 bits per heavy atom. The quantitative estimate of drug-likeness (QED) is 0.639. The Kier molecular flexibility index (Phi) is 3.82. The molecular formula is C12H12N2O2S. The minimum absolute atomic E-state index is 0.240. The molecule has 0 bridgehead atoms. The molecule has 0 atom stereocenters. The summed E-state index contributed by atoms with van der Waals surface area (Å²) in [5.41, 5.74) is 0.905. The van der Waals surface area contributed by atoms with Crippen LogP contribution in [0.2, 0.25) is 0 Å². The van der Waals surface area contributed by atoms with Crippen molar-refractivity contribution >= 4 is 11.8 Å². The molecule has 17 heavy (non-hydrogen) atoms. The Bertz CT molecular complexity index is 540. The first-order valence-electron chi connectivity index (χ1n) is 5.21. The van der Waals surface area contributed by atoms with E-state index in [0.29, 0.717) is 5.16 Å². The van der Waals surface area contributed by atoms with Gasteiger partial charge in [-0.25, -0.2) is 0 Å². The summed E-state index contributed by atoms with van der Waals surface area (Å²) in [4.78, 5) is 17.5. The molecule has 2 aromatic rings. The molecule has 0 aliphatic rings. The summed E-state index contributed by atoms with van der Waals surface area (Å²) in [6.45, 7) is 0. The van der Waals surface area contributed by atoms with Crippen molar-refractivity contribution in [3.63, 3.8) is 0 Å². The maximum atomic E-state index is 11.1. The van der Waals surface area contributed by atoms with Gasteiger partial charge < -0.3 is 10.1 Å². The van der Waals surface area contributed by atoms with Crippen molar-refractivity contribution in [1.29, 1.82) is 0 Å². The largest absolute Gasteiger partial charge is 0.493 e. The second kappa shape index (κ2) is 5.54. The van der Waals surface area contributed by atoms with Gasteiger partial charge in [-0.3, -0.25) is 4.79 Å². The monoisotopic (exact) mass is 248 g/mol. The van der Waals surface area contributed by atoms with Crippen molar-refractivity contribution < 1.29 is 5.11 Å². The highest BCUT2D eigenvalue weighted by atomic mass is 32.2. The number of aromatic hydroxyl groups is 1. The molecule has 0 aliphatic heterocycles. The summed E-state index contributed by atoms with van der Waals surface area (Å²) < 4.78 is 0. The molecule has 0 saturated carbocycles. The molecule has 0 radical (unpaired) electrons. The number of H-pyrrole nitrogens is 1. The predicted octanol–water partition coefficient (Wildman–Crippen LogP) is 1.81. The van der Waals surface area contributed by atoms with Crippen molar-refractivity contribution in [3.05, 3.63) is 52.3 Å². The summed E-state index contributed by atoms with van der Waals surface area (Å²) in [7, 11) is 0. The van der Waals surface area contributed by atoms with Crippen molar-refractivity contribution in [2.45, 2.75) is 11.6 Å². The zero-order valence-corrected chi connectivity index (χ0v) is 9.91. The molecule has 0 unspecified atom stereocenters. The van der Waals surface area contributed by atoms with Crippen LogP contribution in [0.15, 0.2) is 46.3 Å². The van der Waals surface area contributed by atoms with Gasteiger partial charge in [0, 0.05) is 5.75 Å². The topological polar surface area (TPSA) is 66.0 Å². The van der Waals surface area contributed by atoms with E-state index in [1.807, 2.05) is 18.2 Å². The first kappa shape index (κ1) is 11.7. The van der Waals surface area contributed by atoms with Gasteiger partial charge in [0.1, 0.15) is 0 Å². The van der Waals surface area contributed by atoms with Crippen LogP contribution in [0.4, 0.5) is 0 Å². The summed E-state index contributed by atoms with van der Waals surface area (Å²) in [5.74, 6) is 0.562. The SMILES string of the molecule is O=c1cc(O)nc(SCCc2ccccc2)[nH]1. The molecule has 0 spiro atoms. The normalized spacial score (nSPS) is 10.4. The van der Waals surface area contributed by atoms with Crippen LogP contribution in [0, 0.1) is 0 Å². The lowest BCUT2D eigenvalue weighted by atomic mass is 10.2. The first-order valence-corrected chi connectivity index (χ1v) is 6.19. The maximum Gasteiger partial charge on any atom is 0.255 e. The predicted molar refractivity (Wildman–Crippen MR) is 67.4 cm³/mol. The van der Waals surface area contributed by atoms with Crippen molar-refractivity contribution in [2.24, 2.45) is 0 Å². The standard InChI is InChI=1S/C12H12N2O2S/c15-10-8-11(16)14-12(13-10)17-7-6-9-4-2-1-3-5-9/h1-5,8H,6-7H2,(H2,13,14,15,16). The smallest absolute Gasteiger partial charge is 0.255 e. The van der Waals surface area contributed by atoms with Crippen LogP contribution in [0.1, 0.15) is 5.56 Å². The van der Waals surface area contributed by atoms with E-state index < -0.39 is 0 Å². The second-order valence-electron chi connectivity index (χ2n) is 3.49. The lowest BCUT2D eigenvalue weighted by Crippen LogP contribution is -2.06. The molecule has 0 aliphatic carbocycles. The van der Waals surface area contributed by atoms with Gasteiger partial charge in [-0.1, -0.05) is 42.1 Å². The third kappa shape index (κ3) is 3.64. The zero-order valence-electron chi connectivity index (χ0n) is 9.09. The fourth-order valence-electron chi connectivity index (χ4n) is 1.40. The number of thioether (sulfide) groups is 1. The Balaban J connectivity index is 1.92. The highest BCUT2D eigenvalue weighted by Gasteiger charge is 2.00. The number of aryl methyl sites for hydroxylation is 1. The van der Waals surface area contributed by atoms with E-state index in [2.05, 4.69) is 22.1 Å². The Morgan fingerprint density at radius 2 is 2.06 bits per heavy atom. The van der Waals surface area contributed by atoms with E-state index in [1.165, 1.54) is 17.3 Å². The molecule has 0 amide bonds. The van der Waals surface area contributed by atoms with Crippen LogP contribution in [0.25, 0.3) is 0 Å². The van der Waals surface area contributed by atoms with E-state index in [0.717, 1.165) is 18.2 Å². The van der Waals surface area contributed by atoms with Crippen LogP contribution in [-0.2, 0) is 6.42 Å². The van der Waals surface area contributed by atoms with Crippen LogP contribution in [0.5, 0.6) is 5.88 Å². The third-order valence-corrected chi connectivity index (χ3v) is 3.05. The molecule has 0 saturated heterocycles. The number of nitrogens with zero attached hydrogens (tertiary/aromatic N) is 1. The molecule has 4 nitrogen and oxygen atoms in total. The molecule has 2 rings (SSSR count). The van der Waals surface area contributed by atoms with Gasteiger partial charge in [-0.15, -0.1) is 0 Å². The second-order valence-corrected chi connectivity index (χ2v) is 4.58. The average molecular weight is 248 g/mol.